The Morgan fingerprint density at radius 1 is 1.31 bits per heavy atom. The lowest BCUT2D eigenvalue weighted by atomic mass is 9.76. The molecule has 1 aliphatic heterocycles. The number of nitrogens with zero attached hydrogens (tertiary/aromatic N) is 1. The molecule has 2 fully saturated rings. The minimum absolute atomic E-state index is 0.0129. The number of carbonyl (C=O) groups excluding carboxylic acids is 2. The van der Waals surface area contributed by atoms with Gasteiger partial charge in [-0.05, 0) is 57.6 Å². The molecule has 160 valence electrons. The topological polar surface area (TPSA) is 49.4 Å². The van der Waals surface area contributed by atoms with Crippen LogP contribution in [-0.2, 0) is 9.59 Å². The lowest BCUT2D eigenvalue weighted by Crippen LogP contribution is -2.45. The van der Waals surface area contributed by atoms with Gasteiger partial charge in [0.1, 0.15) is 5.82 Å². The summed E-state index contributed by atoms with van der Waals surface area (Å²) in [6.45, 7) is 10.2. The van der Waals surface area contributed by atoms with E-state index in [2.05, 4.69) is 12.2 Å². The SMILES string of the molecule is Cc1ccc(F)c(C(NC(=O)[C@H]2CC(=O)N(C(C)(C)C)C2)C2(C)CCCC2)c1Cl. The Bertz CT molecular complexity index is 812. The molecule has 2 aliphatic rings. The van der Waals surface area contributed by atoms with Crippen molar-refractivity contribution >= 4 is 23.4 Å². The highest BCUT2D eigenvalue weighted by molar-refractivity contribution is 6.32. The van der Waals surface area contributed by atoms with Crippen molar-refractivity contribution in [2.24, 2.45) is 11.3 Å². The van der Waals surface area contributed by atoms with Gasteiger partial charge in [-0.1, -0.05) is 37.4 Å². The van der Waals surface area contributed by atoms with E-state index in [1.165, 1.54) is 6.07 Å². The van der Waals surface area contributed by atoms with E-state index in [0.29, 0.717) is 17.1 Å². The first-order valence-corrected chi connectivity index (χ1v) is 10.9. The van der Waals surface area contributed by atoms with Crippen LogP contribution in [0.4, 0.5) is 4.39 Å². The van der Waals surface area contributed by atoms with Gasteiger partial charge in [0.25, 0.3) is 0 Å². The maximum Gasteiger partial charge on any atom is 0.225 e. The van der Waals surface area contributed by atoms with Crippen molar-refractivity contribution in [2.75, 3.05) is 6.54 Å². The summed E-state index contributed by atoms with van der Waals surface area (Å²) >= 11 is 6.53. The molecule has 1 saturated heterocycles. The second-order valence-electron chi connectivity index (χ2n) is 9.97. The normalized spacial score (nSPS) is 22.8. The second-order valence-corrected chi connectivity index (χ2v) is 10.3. The van der Waals surface area contributed by atoms with Crippen LogP contribution in [0.15, 0.2) is 12.1 Å². The Kier molecular flexibility index (Phi) is 6.01. The molecule has 2 atom stereocenters. The van der Waals surface area contributed by atoms with Crippen LogP contribution in [0.3, 0.4) is 0 Å². The number of aryl methyl sites for hydroxylation is 1. The molecule has 1 saturated carbocycles. The summed E-state index contributed by atoms with van der Waals surface area (Å²) in [5, 5.41) is 3.49. The molecule has 1 heterocycles. The average molecular weight is 423 g/mol. The van der Waals surface area contributed by atoms with E-state index in [1.54, 1.807) is 11.0 Å². The fourth-order valence-corrected chi connectivity index (χ4v) is 5.06. The van der Waals surface area contributed by atoms with Crippen molar-refractivity contribution < 1.29 is 14.0 Å². The first-order valence-electron chi connectivity index (χ1n) is 10.5. The van der Waals surface area contributed by atoms with Crippen LogP contribution in [0.2, 0.25) is 5.02 Å². The summed E-state index contributed by atoms with van der Waals surface area (Å²) in [7, 11) is 0. The summed E-state index contributed by atoms with van der Waals surface area (Å²) < 4.78 is 14.9. The standard InChI is InChI=1S/C23H32ClFN2O2/c1-14-8-9-16(25)18(19(14)24)20(23(5)10-6-7-11-23)26-21(29)15-12-17(28)27(13-15)22(2,3)4/h8-9,15,20H,6-7,10-13H2,1-5H3,(H,26,29)/t15-,20?/m0/s1. The van der Waals surface area contributed by atoms with Crippen LogP contribution in [-0.4, -0.2) is 28.8 Å². The Morgan fingerprint density at radius 3 is 2.48 bits per heavy atom. The maximum absolute atomic E-state index is 14.9. The van der Waals surface area contributed by atoms with Gasteiger partial charge in [-0.3, -0.25) is 9.59 Å². The molecule has 0 radical (unpaired) electrons. The quantitative estimate of drug-likeness (QED) is 0.727. The molecule has 1 unspecified atom stereocenters. The molecule has 1 aliphatic carbocycles. The van der Waals surface area contributed by atoms with Gasteiger partial charge in [-0.25, -0.2) is 4.39 Å². The zero-order chi connectivity index (χ0) is 21.6. The van der Waals surface area contributed by atoms with Crippen LogP contribution >= 0.6 is 11.6 Å². The van der Waals surface area contributed by atoms with Crippen LogP contribution in [0.1, 0.15) is 77.0 Å². The maximum atomic E-state index is 14.9. The highest BCUT2D eigenvalue weighted by atomic mass is 35.5. The number of rotatable bonds is 4. The highest BCUT2D eigenvalue weighted by Crippen LogP contribution is 2.49. The minimum Gasteiger partial charge on any atom is -0.348 e. The van der Waals surface area contributed by atoms with Gasteiger partial charge in [-0.15, -0.1) is 0 Å². The fourth-order valence-electron chi connectivity index (χ4n) is 4.80. The molecule has 3 rings (SSSR count). The van der Waals surface area contributed by atoms with E-state index in [1.807, 2.05) is 27.7 Å². The molecule has 0 aromatic heterocycles. The predicted octanol–water partition coefficient (Wildman–Crippen LogP) is 5.17. The molecule has 1 aromatic carbocycles. The summed E-state index contributed by atoms with van der Waals surface area (Å²) in [6.07, 6.45) is 4.09. The van der Waals surface area contributed by atoms with Crippen molar-refractivity contribution in [3.05, 3.63) is 34.1 Å². The monoisotopic (exact) mass is 422 g/mol. The molecule has 4 nitrogen and oxygen atoms in total. The highest BCUT2D eigenvalue weighted by Gasteiger charge is 2.44. The number of likely N-dealkylation sites (tertiary alicyclic amines) is 1. The summed E-state index contributed by atoms with van der Waals surface area (Å²) in [5.74, 6) is -1.03. The first kappa shape index (κ1) is 22.1. The number of benzene rings is 1. The van der Waals surface area contributed by atoms with Gasteiger partial charge >= 0.3 is 0 Å². The third kappa shape index (κ3) is 4.30. The van der Waals surface area contributed by atoms with Gasteiger partial charge in [0.2, 0.25) is 11.8 Å². The number of amides is 2. The smallest absolute Gasteiger partial charge is 0.225 e. The molecule has 1 aromatic rings. The Hall–Kier alpha value is -1.62. The van der Waals surface area contributed by atoms with Gasteiger partial charge < -0.3 is 10.2 Å². The summed E-state index contributed by atoms with van der Waals surface area (Å²) in [6, 6.07) is 2.58. The summed E-state index contributed by atoms with van der Waals surface area (Å²) in [5.41, 5.74) is 0.579. The van der Waals surface area contributed by atoms with Crippen LogP contribution in [0.25, 0.3) is 0 Å². The lowest BCUT2D eigenvalue weighted by Gasteiger charge is -2.37. The summed E-state index contributed by atoms with van der Waals surface area (Å²) in [4.78, 5) is 27.4. The van der Waals surface area contributed by atoms with E-state index in [-0.39, 0.29) is 29.2 Å². The number of carbonyl (C=O) groups is 2. The Labute approximate surface area is 178 Å². The number of halogens is 2. The van der Waals surface area contributed by atoms with E-state index < -0.39 is 17.8 Å². The second kappa shape index (κ2) is 7.90. The van der Waals surface area contributed by atoms with Crippen LogP contribution < -0.4 is 5.32 Å². The first-order chi connectivity index (χ1) is 13.4. The van der Waals surface area contributed by atoms with E-state index in [4.69, 9.17) is 11.6 Å². The molecule has 1 N–H and O–H groups in total. The van der Waals surface area contributed by atoms with Crippen LogP contribution in [0.5, 0.6) is 0 Å². The zero-order valence-electron chi connectivity index (χ0n) is 18.1. The van der Waals surface area contributed by atoms with Crippen molar-refractivity contribution in [2.45, 2.75) is 78.3 Å². The molecule has 29 heavy (non-hydrogen) atoms. The lowest BCUT2D eigenvalue weighted by molar-refractivity contribution is -0.132. The Morgan fingerprint density at radius 2 is 1.93 bits per heavy atom. The fraction of sp³-hybridized carbons (Fsp3) is 0.652. The van der Waals surface area contributed by atoms with E-state index in [9.17, 15) is 14.0 Å². The predicted molar refractivity (Wildman–Crippen MR) is 113 cm³/mol. The Balaban J connectivity index is 1.91. The average Bonchev–Trinajstić information content (AvgIpc) is 3.24. The minimum atomic E-state index is -0.510. The molecule has 0 bridgehead atoms. The van der Waals surface area contributed by atoms with Gasteiger partial charge in [0.05, 0.1) is 17.0 Å². The van der Waals surface area contributed by atoms with Gasteiger partial charge in [0, 0.05) is 24.1 Å². The van der Waals surface area contributed by atoms with Gasteiger partial charge in [-0.2, -0.15) is 0 Å². The van der Waals surface area contributed by atoms with Crippen molar-refractivity contribution in [3.8, 4) is 0 Å². The molecular formula is C23H32ClFN2O2. The van der Waals surface area contributed by atoms with E-state index in [0.717, 1.165) is 31.2 Å². The molecule has 6 heteroatoms. The third-order valence-electron chi connectivity index (χ3n) is 6.64. The number of hydrogen-bond donors (Lipinski definition) is 1. The van der Waals surface area contributed by atoms with Crippen molar-refractivity contribution in [1.82, 2.24) is 10.2 Å². The molecule has 2 amide bonds. The number of nitrogens with one attached hydrogen (secondary N) is 1. The zero-order valence-corrected chi connectivity index (χ0v) is 18.8. The van der Waals surface area contributed by atoms with Crippen molar-refractivity contribution in [3.63, 3.8) is 0 Å². The van der Waals surface area contributed by atoms with Gasteiger partial charge in [0.15, 0.2) is 0 Å². The molecule has 0 spiro atoms. The van der Waals surface area contributed by atoms with Crippen molar-refractivity contribution in [1.29, 1.82) is 0 Å². The third-order valence-corrected chi connectivity index (χ3v) is 7.14. The van der Waals surface area contributed by atoms with Crippen LogP contribution in [0, 0.1) is 24.1 Å². The molecular weight excluding hydrogens is 391 g/mol. The number of hydrogen-bond acceptors (Lipinski definition) is 2. The largest absolute Gasteiger partial charge is 0.348 e. The van der Waals surface area contributed by atoms with E-state index >= 15 is 0 Å².